The van der Waals surface area contributed by atoms with Gasteiger partial charge >= 0.3 is 0 Å². The Labute approximate surface area is 180 Å². The van der Waals surface area contributed by atoms with Gasteiger partial charge in [0.25, 0.3) is 0 Å². The molecule has 1 unspecified atom stereocenters. The molecule has 0 spiro atoms. The van der Waals surface area contributed by atoms with Gasteiger partial charge in [-0.2, -0.15) is 0 Å². The molecular formula is C26H35NO3. The molecule has 1 amide bonds. The molecule has 0 aromatic heterocycles. The highest BCUT2D eigenvalue weighted by Crippen LogP contribution is 2.20. The lowest BCUT2D eigenvalue weighted by Gasteiger charge is -2.11. The minimum absolute atomic E-state index is 0.00124. The van der Waals surface area contributed by atoms with Gasteiger partial charge in [-0.25, -0.2) is 0 Å². The number of nitrogens with one attached hydrogen (secondary N) is 1. The highest BCUT2D eigenvalue weighted by atomic mass is 16.3. The number of aliphatic hydroxyl groups excluding tert-OH is 1. The number of hydrogen-bond acceptors (Lipinski definition) is 3. The van der Waals surface area contributed by atoms with Crippen LogP contribution in [0.15, 0.2) is 54.6 Å². The van der Waals surface area contributed by atoms with Crippen molar-refractivity contribution in [3.8, 4) is 0 Å². The average molecular weight is 410 g/mol. The lowest BCUT2D eigenvalue weighted by molar-refractivity contribution is -0.116. The molecule has 30 heavy (non-hydrogen) atoms. The summed E-state index contributed by atoms with van der Waals surface area (Å²) in [6.07, 6.45) is 10.4. The van der Waals surface area contributed by atoms with Gasteiger partial charge < -0.3 is 10.4 Å². The van der Waals surface area contributed by atoms with Gasteiger partial charge in [-0.1, -0.05) is 88.6 Å². The predicted octanol–water partition coefficient (Wildman–Crippen LogP) is 6.46. The van der Waals surface area contributed by atoms with Crippen molar-refractivity contribution in [1.82, 2.24) is 0 Å². The van der Waals surface area contributed by atoms with Gasteiger partial charge in [0.15, 0.2) is 5.78 Å². The molecule has 0 saturated carbocycles. The molecule has 0 radical (unpaired) electrons. The first-order valence-corrected chi connectivity index (χ1v) is 11.3. The van der Waals surface area contributed by atoms with Crippen molar-refractivity contribution >= 4 is 17.4 Å². The van der Waals surface area contributed by atoms with Gasteiger partial charge in [0.2, 0.25) is 5.91 Å². The van der Waals surface area contributed by atoms with Gasteiger partial charge in [0.05, 0.1) is 0 Å². The third kappa shape index (κ3) is 8.50. The summed E-state index contributed by atoms with van der Waals surface area (Å²) in [6.45, 7) is 2.23. The second kappa shape index (κ2) is 13.7. The summed E-state index contributed by atoms with van der Waals surface area (Å²) in [6, 6.07) is 15.6. The number of ketones is 1. The van der Waals surface area contributed by atoms with Crippen LogP contribution < -0.4 is 5.32 Å². The van der Waals surface area contributed by atoms with E-state index in [1.54, 1.807) is 48.5 Å². The molecule has 2 N–H and O–H groups in total. The van der Waals surface area contributed by atoms with E-state index in [0.29, 0.717) is 23.2 Å². The maximum Gasteiger partial charge on any atom is 0.224 e. The number of carbonyl (C=O) groups is 2. The normalized spacial score (nSPS) is 11.8. The molecule has 2 aromatic carbocycles. The lowest BCUT2D eigenvalue weighted by atomic mass is 10.00. The second-order valence-corrected chi connectivity index (χ2v) is 7.88. The van der Waals surface area contributed by atoms with Crippen molar-refractivity contribution < 1.29 is 14.7 Å². The molecule has 0 bridgehead atoms. The Morgan fingerprint density at radius 1 is 0.800 bits per heavy atom. The van der Waals surface area contributed by atoms with Crippen LogP contribution in [-0.2, 0) is 4.79 Å². The summed E-state index contributed by atoms with van der Waals surface area (Å²) < 4.78 is 0. The lowest BCUT2D eigenvalue weighted by Crippen LogP contribution is -2.13. The third-order valence-corrected chi connectivity index (χ3v) is 5.32. The quantitative estimate of drug-likeness (QED) is 0.278. The number of unbranched alkanes of at least 4 members (excludes halogenated alkanes) is 8. The third-order valence-electron chi connectivity index (χ3n) is 5.32. The topological polar surface area (TPSA) is 66.4 Å². The van der Waals surface area contributed by atoms with Crippen LogP contribution in [0.5, 0.6) is 0 Å². The molecule has 4 nitrogen and oxygen atoms in total. The van der Waals surface area contributed by atoms with Gasteiger partial charge in [0, 0.05) is 17.7 Å². The van der Waals surface area contributed by atoms with Crippen LogP contribution in [0.25, 0.3) is 0 Å². The number of amides is 1. The molecule has 0 fully saturated rings. The van der Waals surface area contributed by atoms with E-state index in [-0.39, 0.29) is 11.7 Å². The van der Waals surface area contributed by atoms with E-state index in [1.807, 2.05) is 6.07 Å². The smallest absolute Gasteiger partial charge is 0.224 e. The molecule has 1 atom stereocenters. The zero-order valence-electron chi connectivity index (χ0n) is 18.1. The molecule has 2 aromatic rings. The Balaban J connectivity index is 1.67. The Hall–Kier alpha value is -2.46. The van der Waals surface area contributed by atoms with Crippen LogP contribution in [0, 0.1) is 0 Å². The molecular weight excluding hydrogens is 374 g/mol. The monoisotopic (exact) mass is 409 g/mol. The van der Waals surface area contributed by atoms with Crippen LogP contribution >= 0.6 is 0 Å². The van der Waals surface area contributed by atoms with E-state index >= 15 is 0 Å². The van der Waals surface area contributed by atoms with Crippen LogP contribution in [0.2, 0.25) is 0 Å². The number of anilines is 1. The molecule has 0 heterocycles. The first-order chi connectivity index (χ1) is 14.6. The molecule has 0 aliphatic carbocycles. The number of carbonyl (C=O) groups excluding carboxylic acids is 2. The summed E-state index contributed by atoms with van der Waals surface area (Å²) in [5.74, 6) is -0.352. The average Bonchev–Trinajstić information content (AvgIpc) is 2.78. The summed E-state index contributed by atoms with van der Waals surface area (Å²) >= 11 is 0. The van der Waals surface area contributed by atoms with E-state index in [4.69, 9.17) is 0 Å². The standard InChI is InChI=1S/C26H35NO3/c1-2-3-4-5-6-7-8-9-13-16-24(28)27-23-19-17-22(18-20-23)26(30)25(29)21-14-11-10-12-15-21/h10-12,14-15,17-20,25,29H,2-9,13,16H2,1H3,(H,27,28). The van der Waals surface area contributed by atoms with Crippen LogP contribution in [0.4, 0.5) is 5.69 Å². The van der Waals surface area contributed by atoms with Crippen molar-refractivity contribution in [2.24, 2.45) is 0 Å². The fraction of sp³-hybridized carbons (Fsp3) is 0.462. The highest BCUT2D eigenvalue weighted by molar-refractivity contribution is 6.00. The van der Waals surface area contributed by atoms with E-state index in [9.17, 15) is 14.7 Å². The fourth-order valence-electron chi connectivity index (χ4n) is 3.48. The maximum atomic E-state index is 12.4. The maximum absolute atomic E-state index is 12.4. The van der Waals surface area contributed by atoms with Crippen LogP contribution in [0.1, 0.15) is 93.2 Å². The molecule has 0 aliphatic rings. The zero-order chi connectivity index (χ0) is 21.6. The summed E-state index contributed by atoms with van der Waals surface area (Å²) in [5, 5.41) is 13.1. The minimum atomic E-state index is -1.18. The highest BCUT2D eigenvalue weighted by Gasteiger charge is 2.18. The summed E-state index contributed by atoms with van der Waals surface area (Å²) in [7, 11) is 0. The molecule has 0 saturated heterocycles. The number of hydrogen-bond donors (Lipinski definition) is 2. The van der Waals surface area contributed by atoms with E-state index < -0.39 is 6.10 Å². The largest absolute Gasteiger partial charge is 0.380 e. The van der Waals surface area contributed by atoms with Gasteiger partial charge in [0.1, 0.15) is 6.10 Å². The van der Waals surface area contributed by atoms with Gasteiger partial charge in [-0.3, -0.25) is 9.59 Å². The Morgan fingerprint density at radius 3 is 1.97 bits per heavy atom. The van der Waals surface area contributed by atoms with Crippen LogP contribution in [0.3, 0.4) is 0 Å². The molecule has 162 valence electrons. The van der Waals surface area contributed by atoms with Crippen molar-refractivity contribution in [3.05, 3.63) is 65.7 Å². The second-order valence-electron chi connectivity index (χ2n) is 7.88. The summed E-state index contributed by atoms with van der Waals surface area (Å²) in [4.78, 5) is 24.6. The van der Waals surface area contributed by atoms with Gasteiger partial charge in [-0.05, 0) is 36.2 Å². The van der Waals surface area contributed by atoms with E-state index in [2.05, 4.69) is 12.2 Å². The first kappa shape index (κ1) is 23.8. The fourth-order valence-corrected chi connectivity index (χ4v) is 3.48. The number of Topliss-reactive ketones (excluding diaryl/α,β-unsaturated/α-hetero) is 1. The number of aliphatic hydroxyl groups is 1. The van der Waals surface area contributed by atoms with Crippen molar-refractivity contribution in [1.29, 1.82) is 0 Å². The zero-order valence-corrected chi connectivity index (χ0v) is 18.1. The predicted molar refractivity (Wildman–Crippen MR) is 123 cm³/mol. The first-order valence-electron chi connectivity index (χ1n) is 11.3. The van der Waals surface area contributed by atoms with E-state index in [0.717, 1.165) is 12.8 Å². The Morgan fingerprint density at radius 2 is 1.37 bits per heavy atom. The number of rotatable bonds is 14. The van der Waals surface area contributed by atoms with Crippen molar-refractivity contribution in [2.45, 2.75) is 77.2 Å². The van der Waals surface area contributed by atoms with Crippen molar-refractivity contribution in [2.75, 3.05) is 5.32 Å². The Bertz CT molecular complexity index is 756. The summed E-state index contributed by atoms with van der Waals surface area (Å²) in [5.41, 5.74) is 1.66. The van der Waals surface area contributed by atoms with Gasteiger partial charge in [-0.15, -0.1) is 0 Å². The molecule has 4 heteroatoms. The van der Waals surface area contributed by atoms with Crippen LogP contribution in [-0.4, -0.2) is 16.8 Å². The van der Waals surface area contributed by atoms with Crippen molar-refractivity contribution in [3.63, 3.8) is 0 Å². The Kier molecular flexibility index (Phi) is 10.9. The SMILES string of the molecule is CCCCCCCCCCCC(=O)Nc1ccc(C(=O)C(O)c2ccccc2)cc1. The molecule has 2 rings (SSSR count). The minimum Gasteiger partial charge on any atom is -0.380 e. The molecule has 0 aliphatic heterocycles. The van der Waals surface area contributed by atoms with E-state index in [1.165, 1.54) is 44.9 Å². The number of benzene rings is 2.